The van der Waals surface area contributed by atoms with Crippen LogP contribution in [0.1, 0.15) is 52.9 Å². The first-order chi connectivity index (χ1) is 9.49. The van der Waals surface area contributed by atoms with Gasteiger partial charge in [-0.1, -0.05) is 26.2 Å². The maximum absolute atomic E-state index is 12.5. The first kappa shape index (κ1) is 16.1. The Morgan fingerprint density at radius 3 is 2.35 bits per heavy atom. The maximum Gasteiger partial charge on any atom is 0.226 e. The molecule has 1 heterocycles. The van der Waals surface area contributed by atoms with Crippen LogP contribution in [0.5, 0.6) is 0 Å². The van der Waals surface area contributed by atoms with Crippen molar-refractivity contribution < 1.29 is 9.53 Å². The lowest BCUT2D eigenvalue weighted by atomic mass is 9.75. The van der Waals surface area contributed by atoms with E-state index in [0.29, 0.717) is 5.88 Å². The summed E-state index contributed by atoms with van der Waals surface area (Å²) in [6, 6.07) is 0. The molecule has 1 aliphatic carbocycles. The highest BCUT2D eigenvalue weighted by Gasteiger charge is 2.42. The molecule has 0 spiro atoms. The van der Waals surface area contributed by atoms with Crippen LogP contribution in [0.25, 0.3) is 0 Å². The molecule has 0 aromatic carbocycles. The minimum Gasteiger partial charge on any atom is -0.374 e. The second-order valence-corrected chi connectivity index (χ2v) is 7.11. The standard InChI is InChI=1S/C16H28ClNO2/c1-11-12(2)20-13(3)14(11)15(19)18-10-16(9-17)7-5-4-6-8-16/h11-14H,4-10H2,1-3H3,(H,18,19). The Morgan fingerprint density at radius 2 is 1.85 bits per heavy atom. The van der Waals surface area contributed by atoms with Gasteiger partial charge in [-0.15, -0.1) is 11.6 Å². The lowest BCUT2D eigenvalue weighted by Gasteiger charge is -2.36. The predicted molar refractivity (Wildman–Crippen MR) is 81.9 cm³/mol. The summed E-state index contributed by atoms with van der Waals surface area (Å²) in [5, 5.41) is 3.16. The van der Waals surface area contributed by atoms with Gasteiger partial charge in [-0.2, -0.15) is 0 Å². The van der Waals surface area contributed by atoms with Crippen LogP contribution in [0.2, 0.25) is 0 Å². The third-order valence-corrected chi connectivity index (χ3v) is 5.95. The van der Waals surface area contributed by atoms with Crippen molar-refractivity contribution >= 4 is 17.5 Å². The van der Waals surface area contributed by atoms with E-state index in [1.807, 2.05) is 6.92 Å². The second-order valence-electron chi connectivity index (χ2n) is 6.84. The zero-order valence-corrected chi connectivity index (χ0v) is 13.7. The van der Waals surface area contributed by atoms with E-state index in [0.717, 1.165) is 19.4 Å². The third kappa shape index (κ3) is 3.30. The maximum atomic E-state index is 12.5. The van der Waals surface area contributed by atoms with Gasteiger partial charge in [0.1, 0.15) is 0 Å². The van der Waals surface area contributed by atoms with Crippen LogP contribution in [0, 0.1) is 17.3 Å². The highest BCUT2D eigenvalue weighted by molar-refractivity contribution is 6.18. The first-order valence-corrected chi connectivity index (χ1v) is 8.52. The molecule has 2 fully saturated rings. The Kier molecular flexibility index (Phi) is 5.36. The van der Waals surface area contributed by atoms with Crippen LogP contribution in [0.4, 0.5) is 0 Å². The van der Waals surface area contributed by atoms with Gasteiger partial charge < -0.3 is 10.1 Å². The smallest absolute Gasteiger partial charge is 0.226 e. The molecule has 0 bridgehead atoms. The molecule has 1 saturated heterocycles. The Morgan fingerprint density at radius 1 is 1.20 bits per heavy atom. The van der Waals surface area contributed by atoms with Gasteiger partial charge in [-0.3, -0.25) is 4.79 Å². The zero-order chi connectivity index (χ0) is 14.8. The highest BCUT2D eigenvalue weighted by atomic mass is 35.5. The fourth-order valence-electron chi connectivity index (χ4n) is 3.77. The predicted octanol–water partition coefficient (Wildman–Crippen LogP) is 3.35. The van der Waals surface area contributed by atoms with Gasteiger partial charge in [-0.05, 0) is 32.6 Å². The first-order valence-electron chi connectivity index (χ1n) is 7.98. The van der Waals surface area contributed by atoms with E-state index in [1.165, 1.54) is 19.3 Å². The fraction of sp³-hybridized carbons (Fsp3) is 0.938. The molecule has 4 unspecified atom stereocenters. The molecule has 2 aliphatic rings. The number of hydrogen-bond donors (Lipinski definition) is 1. The number of rotatable bonds is 4. The molecule has 1 aliphatic heterocycles. The fourth-order valence-corrected chi connectivity index (χ4v) is 4.13. The van der Waals surface area contributed by atoms with Crippen molar-refractivity contribution in [3.8, 4) is 0 Å². The molecular formula is C16H28ClNO2. The number of carbonyl (C=O) groups is 1. The lowest BCUT2D eigenvalue weighted by Crippen LogP contribution is -2.44. The van der Waals surface area contributed by atoms with Crippen molar-refractivity contribution in [2.75, 3.05) is 12.4 Å². The average molecular weight is 302 g/mol. The van der Waals surface area contributed by atoms with Crippen molar-refractivity contribution in [3.63, 3.8) is 0 Å². The molecule has 0 aromatic rings. The normalized spacial score (nSPS) is 36.8. The topological polar surface area (TPSA) is 38.3 Å². The molecule has 0 radical (unpaired) electrons. The van der Waals surface area contributed by atoms with Gasteiger partial charge in [0.25, 0.3) is 0 Å². The summed E-state index contributed by atoms with van der Waals surface area (Å²) in [6.45, 7) is 6.88. The summed E-state index contributed by atoms with van der Waals surface area (Å²) >= 11 is 6.18. The lowest BCUT2D eigenvalue weighted by molar-refractivity contribution is -0.127. The van der Waals surface area contributed by atoms with Gasteiger partial charge in [0, 0.05) is 17.8 Å². The van der Waals surface area contributed by atoms with E-state index in [2.05, 4.69) is 19.2 Å². The Labute approximate surface area is 127 Å². The minimum absolute atomic E-state index is 0.0123. The molecule has 20 heavy (non-hydrogen) atoms. The minimum atomic E-state index is -0.0269. The Bertz CT molecular complexity index is 341. The average Bonchev–Trinajstić information content (AvgIpc) is 2.71. The Balaban J connectivity index is 1.91. The molecule has 1 saturated carbocycles. The summed E-state index contributed by atoms with van der Waals surface area (Å²) in [5.41, 5.74) is 0.118. The van der Waals surface area contributed by atoms with E-state index in [9.17, 15) is 4.79 Å². The Hall–Kier alpha value is -0.280. The van der Waals surface area contributed by atoms with Crippen LogP contribution < -0.4 is 5.32 Å². The molecule has 0 aromatic heterocycles. The van der Waals surface area contributed by atoms with Gasteiger partial charge in [-0.25, -0.2) is 0 Å². The molecular weight excluding hydrogens is 274 g/mol. The van der Waals surface area contributed by atoms with Crippen molar-refractivity contribution in [3.05, 3.63) is 0 Å². The number of alkyl halides is 1. The van der Waals surface area contributed by atoms with E-state index in [-0.39, 0.29) is 35.4 Å². The van der Waals surface area contributed by atoms with Crippen molar-refractivity contribution in [2.24, 2.45) is 17.3 Å². The highest BCUT2D eigenvalue weighted by Crippen LogP contribution is 2.37. The number of ether oxygens (including phenoxy) is 1. The van der Waals surface area contributed by atoms with Crippen LogP contribution >= 0.6 is 11.6 Å². The van der Waals surface area contributed by atoms with Gasteiger partial charge in [0.15, 0.2) is 0 Å². The molecule has 1 N–H and O–H groups in total. The van der Waals surface area contributed by atoms with E-state index in [4.69, 9.17) is 16.3 Å². The third-order valence-electron chi connectivity index (χ3n) is 5.38. The van der Waals surface area contributed by atoms with Crippen molar-refractivity contribution in [2.45, 2.75) is 65.1 Å². The monoisotopic (exact) mass is 301 g/mol. The summed E-state index contributed by atoms with van der Waals surface area (Å²) < 4.78 is 5.76. The van der Waals surface area contributed by atoms with E-state index < -0.39 is 0 Å². The summed E-state index contributed by atoms with van der Waals surface area (Å²) in [6.07, 6.45) is 6.22. The number of hydrogen-bond acceptors (Lipinski definition) is 2. The summed E-state index contributed by atoms with van der Waals surface area (Å²) in [7, 11) is 0. The van der Waals surface area contributed by atoms with Gasteiger partial charge >= 0.3 is 0 Å². The number of carbonyl (C=O) groups excluding carboxylic acids is 1. The van der Waals surface area contributed by atoms with E-state index >= 15 is 0 Å². The van der Waals surface area contributed by atoms with Crippen molar-refractivity contribution in [1.82, 2.24) is 5.32 Å². The second kappa shape index (κ2) is 6.65. The molecule has 4 atom stereocenters. The number of amides is 1. The van der Waals surface area contributed by atoms with Gasteiger partial charge in [0.2, 0.25) is 5.91 Å². The van der Waals surface area contributed by atoms with Crippen molar-refractivity contribution in [1.29, 1.82) is 0 Å². The number of nitrogens with one attached hydrogen (secondary N) is 1. The quantitative estimate of drug-likeness (QED) is 0.809. The molecule has 2 rings (SSSR count). The summed E-state index contributed by atoms with van der Waals surface area (Å²) in [4.78, 5) is 12.5. The molecule has 4 heteroatoms. The zero-order valence-electron chi connectivity index (χ0n) is 13.0. The molecule has 1 amide bonds. The van der Waals surface area contributed by atoms with Crippen LogP contribution in [-0.2, 0) is 9.53 Å². The number of halogens is 1. The van der Waals surface area contributed by atoms with Gasteiger partial charge in [0.05, 0.1) is 18.1 Å². The molecule has 3 nitrogen and oxygen atoms in total. The van der Waals surface area contributed by atoms with Crippen LogP contribution in [0.3, 0.4) is 0 Å². The van der Waals surface area contributed by atoms with Crippen LogP contribution in [-0.4, -0.2) is 30.5 Å². The largest absolute Gasteiger partial charge is 0.374 e. The summed E-state index contributed by atoms with van der Waals surface area (Å²) in [5.74, 6) is 1.05. The van der Waals surface area contributed by atoms with E-state index in [1.54, 1.807) is 0 Å². The van der Waals surface area contributed by atoms with Crippen LogP contribution in [0.15, 0.2) is 0 Å². The SMILES string of the molecule is CC1OC(C)C(C(=O)NCC2(CCl)CCCCC2)C1C. The molecule has 116 valence electrons.